The zero-order valence-corrected chi connectivity index (χ0v) is 16.3. The van der Waals surface area contributed by atoms with Gasteiger partial charge in [0.05, 0.1) is 30.0 Å². The van der Waals surface area contributed by atoms with Crippen LogP contribution in [0.2, 0.25) is 0 Å². The molecule has 5 heteroatoms. The summed E-state index contributed by atoms with van der Waals surface area (Å²) in [5.41, 5.74) is 3.17. The number of hydrogen-bond acceptors (Lipinski definition) is 5. The number of hydrogen-bond donors (Lipinski definition) is 0. The number of carbonyl (C=O) groups is 1. The largest absolute Gasteiger partial charge is 0.494 e. The second kappa shape index (κ2) is 10.0. The van der Waals surface area contributed by atoms with Crippen molar-refractivity contribution in [1.29, 1.82) is 5.26 Å². The lowest BCUT2D eigenvalue weighted by molar-refractivity contribution is 0.0734. The summed E-state index contributed by atoms with van der Waals surface area (Å²) in [7, 11) is 0. The fourth-order valence-electron chi connectivity index (χ4n) is 2.71. The van der Waals surface area contributed by atoms with Gasteiger partial charge in [0.1, 0.15) is 11.5 Å². The third-order valence-corrected chi connectivity index (χ3v) is 4.32. The molecule has 0 N–H and O–H groups in total. The van der Waals surface area contributed by atoms with E-state index in [1.807, 2.05) is 37.3 Å². The van der Waals surface area contributed by atoms with Crippen LogP contribution in [0.4, 0.5) is 0 Å². The van der Waals surface area contributed by atoms with Crippen molar-refractivity contribution in [3.05, 3.63) is 89.2 Å². The van der Waals surface area contributed by atoms with Crippen LogP contribution in [0.15, 0.2) is 66.9 Å². The summed E-state index contributed by atoms with van der Waals surface area (Å²) in [6.07, 6.45) is 4.08. The van der Waals surface area contributed by atoms with Crippen molar-refractivity contribution in [2.45, 2.75) is 26.2 Å². The molecule has 0 amide bonds. The number of ether oxygens (including phenoxy) is 2. The van der Waals surface area contributed by atoms with Gasteiger partial charge in [-0.05, 0) is 73.4 Å². The fraction of sp³-hybridized carbons (Fsp3) is 0.208. The lowest BCUT2D eigenvalue weighted by Gasteiger charge is -2.07. The van der Waals surface area contributed by atoms with Gasteiger partial charge in [-0.2, -0.15) is 5.26 Å². The van der Waals surface area contributed by atoms with Crippen molar-refractivity contribution >= 4 is 5.97 Å². The highest BCUT2D eigenvalue weighted by Gasteiger charge is 2.09. The molecule has 29 heavy (non-hydrogen) atoms. The standard InChI is InChI=1S/C24H22N2O3/c1-2-15-28-22-12-8-20(9-13-22)24(27)29-23-14-11-21(26-17-23)10-7-18-3-5-19(16-25)6-4-18/h3-6,8-9,11-14,17H,2,7,10,15H2,1H3. The molecule has 0 atom stereocenters. The first kappa shape index (κ1) is 20.1. The number of rotatable bonds is 8. The predicted octanol–water partition coefficient (Wildman–Crippen LogP) is 4.75. The third kappa shape index (κ3) is 5.91. The molecule has 1 heterocycles. The molecule has 2 aromatic carbocycles. The number of nitrogens with zero attached hydrogens (tertiary/aromatic N) is 2. The van der Waals surface area contributed by atoms with Crippen LogP contribution in [-0.2, 0) is 12.8 Å². The van der Waals surface area contributed by atoms with E-state index >= 15 is 0 Å². The van der Waals surface area contributed by atoms with E-state index in [4.69, 9.17) is 14.7 Å². The Kier molecular flexibility index (Phi) is 6.96. The third-order valence-electron chi connectivity index (χ3n) is 4.32. The molecule has 0 bridgehead atoms. The van der Waals surface area contributed by atoms with E-state index in [2.05, 4.69) is 11.1 Å². The molecule has 1 aromatic heterocycles. The summed E-state index contributed by atoms with van der Waals surface area (Å²) in [4.78, 5) is 16.6. The number of pyridine rings is 1. The fourth-order valence-corrected chi connectivity index (χ4v) is 2.71. The zero-order valence-electron chi connectivity index (χ0n) is 16.3. The first-order chi connectivity index (χ1) is 14.2. The number of benzene rings is 2. The number of nitriles is 1. The Morgan fingerprint density at radius 3 is 2.31 bits per heavy atom. The van der Waals surface area contributed by atoms with Crippen LogP contribution in [-0.4, -0.2) is 17.6 Å². The first-order valence-electron chi connectivity index (χ1n) is 9.57. The topological polar surface area (TPSA) is 72.2 Å². The van der Waals surface area contributed by atoms with Crippen molar-refractivity contribution in [3.63, 3.8) is 0 Å². The maximum Gasteiger partial charge on any atom is 0.343 e. The molecular formula is C24H22N2O3. The molecule has 0 radical (unpaired) electrons. The molecule has 3 aromatic rings. The average molecular weight is 386 g/mol. The van der Waals surface area contributed by atoms with Gasteiger partial charge in [0.2, 0.25) is 0 Å². The maximum atomic E-state index is 12.3. The second-order valence-electron chi connectivity index (χ2n) is 6.56. The molecule has 5 nitrogen and oxygen atoms in total. The van der Waals surface area contributed by atoms with Crippen LogP contribution in [0.5, 0.6) is 11.5 Å². The molecule has 3 rings (SSSR count). The van der Waals surface area contributed by atoms with Gasteiger partial charge in [-0.3, -0.25) is 4.98 Å². The van der Waals surface area contributed by atoms with Gasteiger partial charge in [-0.15, -0.1) is 0 Å². The number of carbonyl (C=O) groups excluding carboxylic acids is 1. The molecule has 146 valence electrons. The molecule has 0 saturated heterocycles. The Labute approximate surface area is 170 Å². The maximum absolute atomic E-state index is 12.3. The van der Waals surface area contributed by atoms with Gasteiger partial charge in [-0.1, -0.05) is 19.1 Å². The zero-order chi connectivity index (χ0) is 20.5. The van der Waals surface area contributed by atoms with Gasteiger partial charge in [-0.25, -0.2) is 4.79 Å². The van der Waals surface area contributed by atoms with Crippen molar-refractivity contribution in [1.82, 2.24) is 4.98 Å². The molecule has 0 unspecified atom stereocenters. The van der Waals surface area contributed by atoms with Crippen LogP contribution < -0.4 is 9.47 Å². The van der Waals surface area contributed by atoms with Crippen molar-refractivity contribution in [3.8, 4) is 17.6 Å². The minimum absolute atomic E-state index is 0.406. The van der Waals surface area contributed by atoms with Crippen LogP contribution in [0.25, 0.3) is 0 Å². The summed E-state index contributed by atoms with van der Waals surface area (Å²) in [5, 5.41) is 8.84. The summed E-state index contributed by atoms with van der Waals surface area (Å²) in [6.45, 7) is 2.69. The minimum Gasteiger partial charge on any atom is -0.494 e. The second-order valence-corrected chi connectivity index (χ2v) is 6.56. The molecular weight excluding hydrogens is 364 g/mol. The Morgan fingerprint density at radius 1 is 0.966 bits per heavy atom. The van der Waals surface area contributed by atoms with Crippen LogP contribution in [0.3, 0.4) is 0 Å². The quantitative estimate of drug-likeness (QED) is 0.523. The van der Waals surface area contributed by atoms with Crippen molar-refractivity contribution in [2.24, 2.45) is 0 Å². The van der Waals surface area contributed by atoms with Gasteiger partial charge in [0.25, 0.3) is 0 Å². The number of aryl methyl sites for hydroxylation is 2. The van der Waals surface area contributed by atoms with Gasteiger partial charge < -0.3 is 9.47 Å². The van der Waals surface area contributed by atoms with E-state index in [9.17, 15) is 4.79 Å². The van der Waals surface area contributed by atoms with Gasteiger partial charge in [0, 0.05) is 5.69 Å². The highest BCUT2D eigenvalue weighted by Crippen LogP contribution is 2.16. The van der Waals surface area contributed by atoms with E-state index in [1.54, 1.807) is 36.5 Å². The lowest BCUT2D eigenvalue weighted by Crippen LogP contribution is -2.09. The lowest BCUT2D eigenvalue weighted by atomic mass is 10.1. The summed E-state index contributed by atoms with van der Waals surface area (Å²) in [6, 6.07) is 20.1. The average Bonchev–Trinajstić information content (AvgIpc) is 2.78. The molecule has 0 aliphatic carbocycles. The van der Waals surface area contributed by atoms with Crippen LogP contribution in [0.1, 0.15) is 40.5 Å². The highest BCUT2D eigenvalue weighted by atomic mass is 16.5. The molecule has 0 aliphatic rings. The monoisotopic (exact) mass is 386 g/mol. The van der Waals surface area contributed by atoms with E-state index < -0.39 is 5.97 Å². The summed E-state index contributed by atoms with van der Waals surface area (Å²) in [5.74, 6) is 0.708. The van der Waals surface area contributed by atoms with E-state index in [0.717, 1.165) is 36.3 Å². The Bertz CT molecular complexity index is 973. The Morgan fingerprint density at radius 2 is 1.69 bits per heavy atom. The molecule has 0 saturated carbocycles. The predicted molar refractivity (Wildman–Crippen MR) is 110 cm³/mol. The smallest absolute Gasteiger partial charge is 0.343 e. The van der Waals surface area contributed by atoms with Crippen molar-refractivity contribution < 1.29 is 14.3 Å². The summed E-state index contributed by atoms with van der Waals surface area (Å²) < 4.78 is 10.9. The normalized spacial score (nSPS) is 10.2. The van der Waals surface area contributed by atoms with E-state index in [1.165, 1.54) is 0 Å². The molecule has 0 fully saturated rings. The SMILES string of the molecule is CCCOc1ccc(C(=O)Oc2ccc(CCc3ccc(C#N)cc3)nc2)cc1. The Hall–Kier alpha value is -3.65. The van der Waals surface area contributed by atoms with Gasteiger partial charge >= 0.3 is 5.97 Å². The van der Waals surface area contributed by atoms with Crippen LogP contribution in [0, 0.1) is 11.3 Å². The van der Waals surface area contributed by atoms with Crippen LogP contribution >= 0.6 is 0 Å². The Balaban J connectivity index is 1.52. The molecule has 0 spiro atoms. The molecule has 0 aliphatic heterocycles. The number of aromatic nitrogens is 1. The summed E-state index contributed by atoms with van der Waals surface area (Å²) >= 11 is 0. The van der Waals surface area contributed by atoms with E-state index in [0.29, 0.717) is 23.5 Å². The van der Waals surface area contributed by atoms with Crippen molar-refractivity contribution in [2.75, 3.05) is 6.61 Å². The van der Waals surface area contributed by atoms with E-state index in [-0.39, 0.29) is 0 Å². The number of esters is 1. The highest BCUT2D eigenvalue weighted by molar-refractivity contribution is 5.91. The first-order valence-corrected chi connectivity index (χ1v) is 9.57. The minimum atomic E-state index is -0.431. The van der Waals surface area contributed by atoms with Gasteiger partial charge in [0.15, 0.2) is 0 Å².